The summed E-state index contributed by atoms with van der Waals surface area (Å²) >= 11 is 6.06. The van der Waals surface area contributed by atoms with E-state index in [-0.39, 0.29) is 5.91 Å². The number of carbonyl (C=O) groups is 2. The quantitative estimate of drug-likeness (QED) is 0.865. The van der Waals surface area contributed by atoms with Crippen LogP contribution in [0.15, 0.2) is 48.5 Å². The molecule has 2 aromatic rings. The van der Waals surface area contributed by atoms with Crippen molar-refractivity contribution in [1.29, 1.82) is 0 Å². The van der Waals surface area contributed by atoms with Crippen molar-refractivity contribution in [2.45, 2.75) is 6.92 Å². The van der Waals surface area contributed by atoms with E-state index in [0.717, 1.165) is 18.8 Å². The summed E-state index contributed by atoms with van der Waals surface area (Å²) in [7, 11) is 0. The maximum Gasteiger partial charge on any atom is 0.411 e. The molecule has 0 bridgehead atoms. The van der Waals surface area contributed by atoms with Gasteiger partial charge in [0.05, 0.1) is 6.61 Å². The van der Waals surface area contributed by atoms with Crippen LogP contribution < -0.4 is 10.2 Å². The van der Waals surface area contributed by atoms with Gasteiger partial charge in [-0.25, -0.2) is 4.79 Å². The van der Waals surface area contributed by atoms with Gasteiger partial charge in [0, 0.05) is 48.1 Å². The van der Waals surface area contributed by atoms with E-state index in [4.69, 9.17) is 16.3 Å². The molecule has 3 rings (SSSR count). The van der Waals surface area contributed by atoms with Gasteiger partial charge < -0.3 is 14.5 Å². The van der Waals surface area contributed by atoms with E-state index in [9.17, 15) is 9.59 Å². The van der Waals surface area contributed by atoms with E-state index < -0.39 is 6.09 Å². The number of anilines is 2. The molecular formula is C20H22ClN3O3. The third kappa shape index (κ3) is 4.92. The lowest BCUT2D eigenvalue weighted by atomic mass is 10.1. The summed E-state index contributed by atoms with van der Waals surface area (Å²) < 4.78 is 4.83. The van der Waals surface area contributed by atoms with Gasteiger partial charge in [-0.2, -0.15) is 0 Å². The molecule has 0 aliphatic carbocycles. The summed E-state index contributed by atoms with van der Waals surface area (Å²) in [6, 6.07) is 14.6. The lowest BCUT2D eigenvalue weighted by Crippen LogP contribution is -2.48. The fourth-order valence-corrected chi connectivity index (χ4v) is 3.19. The minimum absolute atomic E-state index is 0.0107. The van der Waals surface area contributed by atoms with Crippen LogP contribution in [-0.4, -0.2) is 49.7 Å². The van der Waals surface area contributed by atoms with Gasteiger partial charge >= 0.3 is 6.09 Å². The summed E-state index contributed by atoms with van der Waals surface area (Å²) in [4.78, 5) is 28.2. The predicted molar refractivity (Wildman–Crippen MR) is 107 cm³/mol. The SMILES string of the molecule is CCOC(=O)Nc1ccc(C(=O)N2CCN(c3cccc(Cl)c3)CC2)cc1. The van der Waals surface area contributed by atoms with Gasteiger partial charge in [-0.1, -0.05) is 17.7 Å². The smallest absolute Gasteiger partial charge is 0.411 e. The van der Waals surface area contributed by atoms with Gasteiger partial charge in [0.1, 0.15) is 0 Å². The first-order valence-corrected chi connectivity index (χ1v) is 9.28. The predicted octanol–water partition coefficient (Wildman–Crippen LogP) is 3.87. The molecule has 6 nitrogen and oxygen atoms in total. The van der Waals surface area contributed by atoms with Gasteiger partial charge in [-0.3, -0.25) is 10.1 Å². The molecule has 0 unspecified atom stereocenters. The van der Waals surface area contributed by atoms with E-state index in [1.807, 2.05) is 29.2 Å². The molecule has 1 saturated heterocycles. The number of amides is 2. The van der Waals surface area contributed by atoms with E-state index >= 15 is 0 Å². The fourth-order valence-electron chi connectivity index (χ4n) is 3.00. The van der Waals surface area contributed by atoms with Crippen molar-refractivity contribution in [3.05, 3.63) is 59.1 Å². The Morgan fingerprint density at radius 1 is 1.07 bits per heavy atom. The Hall–Kier alpha value is -2.73. The number of rotatable bonds is 4. The molecule has 142 valence electrons. The monoisotopic (exact) mass is 387 g/mol. The van der Waals surface area contributed by atoms with Crippen LogP contribution in [0.5, 0.6) is 0 Å². The van der Waals surface area contributed by atoms with E-state index in [1.54, 1.807) is 31.2 Å². The van der Waals surface area contributed by atoms with Crippen LogP contribution in [0.25, 0.3) is 0 Å². The molecule has 2 amide bonds. The molecular weight excluding hydrogens is 366 g/mol. The van der Waals surface area contributed by atoms with Crippen molar-refractivity contribution in [2.75, 3.05) is 43.0 Å². The number of benzene rings is 2. The van der Waals surface area contributed by atoms with E-state index in [0.29, 0.717) is 36.0 Å². The first kappa shape index (κ1) is 19.0. The topological polar surface area (TPSA) is 61.9 Å². The Balaban J connectivity index is 1.56. The normalized spacial score (nSPS) is 14.0. The zero-order valence-electron chi connectivity index (χ0n) is 15.2. The molecule has 0 aromatic heterocycles. The maximum absolute atomic E-state index is 12.7. The molecule has 0 atom stereocenters. The zero-order valence-corrected chi connectivity index (χ0v) is 15.9. The largest absolute Gasteiger partial charge is 0.450 e. The van der Waals surface area contributed by atoms with E-state index in [2.05, 4.69) is 10.2 Å². The van der Waals surface area contributed by atoms with Crippen LogP contribution >= 0.6 is 11.6 Å². The number of hydrogen-bond donors (Lipinski definition) is 1. The minimum Gasteiger partial charge on any atom is -0.450 e. The second-order valence-electron chi connectivity index (χ2n) is 6.18. The van der Waals surface area contributed by atoms with Crippen molar-refractivity contribution < 1.29 is 14.3 Å². The van der Waals surface area contributed by atoms with Gasteiger partial charge in [0.15, 0.2) is 0 Å². The number of halogens is 1. The highest BCUT2D eigenvalue weighted by molar-refractivity contribution is 6.30. The maximum atomic E-state index is 12.7. The van der Waals surface area contributed by atoms with Gasteiger partial charge in [0.2, 0.25) is 0 Å². The summed E-state index contributed by atoms with van der Waals surface area (Å²) in [6.07, 6.45) is -0.506. The highest BCUT2D eigenvalue weighted by Gasteiger charge is 2.22. The summed E-state index contributed by atoms with van der Waals surface area (Å²) in [5.41, 5.74) is 2.26. The molecule has 0 spiro atoms. The third-order valence-corrected chi connectivity index (χ3v) is 4.63. The first-order valence-electron chi connectivity index (χ1n) is 8.90. The van der Waals surface area contributed by atoms with Gasteiger partial charge in [0.25, 0.3) is 5.91 Å². The third-order valence-electron chi connectivity index (χ3n) is 4.39. The number of piperazine rings is 1. The van der Waals surface area contributed by atoms with Crippen LogP contribution in [0.3, 0.4) is 0 Å². The first-order chi connectivity index (χ1) is 13.1. The van der Waals surface area contributed by atoms with Crippen molar-refractivity contribution in [3.8, 4) is 0 Å². The van der Waals surface area contributed by atoms with Crippen LogP contribution in [-0.2, 0) is 4.74 Å². The van der Waals surface area contributed by atoms with Crippen molar-refractivity contribution in [3.63, 3.8) is 0 Å². The second-order valence-corrected chi connectivity index (χ2v) is 6.62. The van der Waals surface area contributed by atoms with Crippen molar-refractivity contribution in [1.82, 2.24) is 4.90 Å². The summed E-state index contributed by atoms with van der Waals surface area (Å²) in [5.74, 6) is -0.0107. The molecule has 1 heterocycles. The molecule has 2 aromatic carbocycles. The highest BCUT2D eigenvalue weighted by Crippen LogP contribution is 2.21. The molecule has 27 heavy (non-hydrogen) atoms. The average Bonchev–Trinajstić information content (AvgIpc) is 2.68. The fraction of sp³-hybridized carbons (Fsp3) is 0.300. The molecule has 1 N–H and O–H groups in total. The standard InChI is InChI=1S/C20H22ClN3O3/c1-2-27-20(26)22-17-8-6-15(7-9-17)19(25)24-12-10-23(11-13-24)18-5-3-4-16(21)14-18/h3-9,14H,2,10-13H2,1H3,(H,22,26). The number of nitrogens with one attached hydrogen (secondary N) is 1. The van der Waals surface area contributed by atoms with Crippen LogP contribution in [0.4, 0.5) is 16.2 Å². The number of carbonyl (C=O) groups excluding carboxylic acids is 2. The van der Waals surface area contributed by atoms with Crippen LogP contribution in [0.1, 0.15) is 17.3 Å². The molecule has 1 aliphatic heterocycles. The second kappa shape index (κ2) is 8.77. The van der Waals surface area contributed by atoms with Crippen molar-refractivity contribution in [2.24, 2.45) is 0 Å². The molecule has 1 fully saturated rings. The van der Waals surface area contributed by atoms with Crippen LogP contribution in [0.2, 0.25) is 5.02 Å². The van der Waals surface area contributed by atoms with Gasteiger partial charge in [-0.05, 0) is 49.4 Å². The Morgan fingerprint density at radius 3 is 2.41 bits per heavy atom. The molecule has 1 aliphatic rings. The number of hydrogen-bond acceptors (Lipinski definition) is 4. The zero-order chi connectivity index (χ0) is 19.2. The summed E-state index contributed by atoms with van der Waals surface area (Å²) in [6.45, 7) is 4.86. The Labute approximate surface area is 163 Å². The number of nitrogens with zero attached hydrogens (tertiary/aromatic N) is 2. The lowest BCUT2D eigenvalue weighted by Gasteiger charge is -2.36. The molecule has 7 heteroatoms. The highest BCUT2D eigenvalue weighted by atomic mass is 35.5. The average molecular weight is 388 g/mol. The number of ether oxygens (including phenoxy) is 1. The minimum atomic E-state index is -0.506. The van der Waals surface area contributed by atoms with Crippen molar-refractivity contribution >= 4 is 35.0 Å². The Bertz CT molecular complexity index is 802. The Morgan fingerprint density at radius 2 is 1.78 bits per heavy atom. The lowest BCUT2D eigenvalue weighted by molar-refractivity contribution is 0.0747. The molecule has 0 radical (unpaired) electrons. The molecule has 0 saturated carbocycles. The van der Waals surface area contributed by atoms with Gasteiger partial charge in [-0.15, -0.1) is 0 Å². The van der Waals surface area contributed by atoms with E-state index in [1.165, 1.54) is 0 Å². The summed E-state index contributed by atoms with van der Waals surface area (Å²) in [5, 5.41) is 3.32. The van der Waals surface area contributed by atoms with Crippen LogP contribution in [0, 0.1) is 0 Å². The Kier molecular flexibility index (Phi) is 6.19.